The molecule has 0 fully saturated rings. The van der Waals surface area contributed by atoms with E-state index >= 15 is 0 Å². The molecule has 2 atom stereocenters. The number of thioether (sulfide) groups is 1. The summed E-state index contributed by atoms with van der Waals surface area (Å²) in [6.07, 6.45) is 5.97. The summed E-state index contributed by atoms with van der Waals surface area (Å²) in [6.45, 7) is 3.66. The van der Waals surface area contributed by atoms with Gasteiger partial charge in [0.2, 0.25) is 5.91 Å². The fraction of sp³-hybridized carbons (Fsp3) is 0.333. The van der Waals surface area contributed by atoms with E-state index in [9.17, 15) is 19.1 Å². The lowest BCUT2D eigenvalue weighted by Gasteiger charge is -2.20. The number of primary amides is 1. The Bertz CT molecular complexity index is 1380. The van der Waals surface area contributed by atoms with Gasteiger partial charge in [0.15, 0.2) is 0 Å². The maximum atomic E-state index is 14.9. The van der Waals surface area contributed by atoms with Crippen molar-refractivity contribution in [3.05, 3.63) is 83.1 Å². The van der Waals surface area contributed by atoms with Crippen molar-refractivity contribution in [3.63, 3.8) is 0 Å². The van der Waals surface area contributed by atoms with Crippen molar-refractivity contribution in [2.75, 3.05) is 18.9 Å². The molecule has 4 rings (SSSR count). The van der Waals surface area contributed by atoms with Gasteiger partial charge in [-0.05, 0) is 49.6 Å². The molecule has 0 saturated heterocycles. The summed E-state index contributed by atoms with van der Waals surface area (Å²) in [5.41, 5.74) is 6.50. The van der Waals surface area contributed by atoms with E-state index < -0.39 is 28.6 Å². The fourth-order valence-electron chi connectivity index (χ4n) is 4.07. The van der Waals surface area contributed by atoms with Gasteiger partial charge in [-0.2, -0.15) is 5.10 Å². The highest BCUT2D eigenvalue weighted by atomic mass is 32.2. The lowest BCUT2D eigenvalue weighted by molar-refractivity contribution is -0.120. The van der Waals surface area contributed by atoms with Crippen molar-refractivity contribution in [2.24, 2.45) is 18.7 Å². The van der Waals surface area contributed by atoms with E-state index in [0.717, 1.165) is 5.56 Å². The van der Waals surface area contributed by atoms with Crippen LogP contribution in [0.25, 0.3) is 4.91 Å². The van der Waals surface area contributed by atoms with E-state index in [0.29, 0.717) is 34.8 Å². The van der Waals surface area contributed by atoms with Crippen LogP contribution in [0.2, 0.25) is 0 Å². The summed E-state index contributed by atoms with van der Waals surface area (Å²) in [5, 5.41) is 16.9. The molecule has 3 heterocycles. The van der Waals surface area contributed by atoms with E-state index in [1.807, 2.05) is 13.2 Å². The van der Waals surface area contributed by atoms with Gasteiger partial charge >= 0.3 is 0 Å². The van der Waals surface area contributed by atoms with Crippen molar-refractivity contribution < 1.29 is 19.1 Å². The third kappa shape index (κ3) is 6.22. The first kappa shape index (κ1) is 27.3. The number of nitrogens with two attached hydrogens (primary N) is 1. The molecule has 0 radical (unpaired) electrons. The first-order chi connectivity index (χ1) is 17.9. The smallest absolute Gasteiger partial charge is 0.272 e. The second kappa shape index (κ2) is 11.0. The average molecular weight is 539 g/mol. The van der Waals surface area contributed by atoms with E-state index in [-0.39, 0.29) is 11.6 Å². The molecule has 0 spiro atoms. The number of anilines is 1. The SMILES string of the molecule is CN(CCc1cnn(C)c1)C(=O)c1cccc(NC2SC(c3ccc(C(C)(C)O)cc3F)=CC2C(N)=O)n1. The Morgan fingerprint density at radius 1 is 1.29 bits per heavy atom. The van der Waals surface area contributed by atoms with Crippen LogP contribution >= 0.6 is 11.8 Å². The van der Waals surface area contributed by atoms with E-state index in [1.165, 1.54) is 17.8 Å². The van der Waals surface area contributed by atoms with Crippen LogP contribution in [0.5, 0.6) is 0 Å². The number of amides is 2. The molecule has 1 aliphatic rings. The summed E-state index contributed by atoms with van der Waals surface area (Å²) in [4.78, 5) is 31.8. The Hall–Kier alpha value is -3.70. The van der Waals surface area contributed by atoms with Crippen LogP contribution in [0.1, 0.15) is 41.0 Å². The summed E-state index contributed by atoms with van der Waals surface area (Å²) in [6, 6.07) is 9.56. The number of nitrogens with zero attached hydrogens (tertiary/aromatic N) is 4. The van der Waals surface area contributed by atoms with Crippen LogP contribution in [0, 0.1) is 11.7 Å². The number of likely N-dealkylation sites (N-methyl/N-ethyl adjacent to an activating group) is 1. The van der Waals surface area contributed by atoms with Gasteiger partial charge in [-0.1, -0.05) is 36.0 Å². The van der Waals surface area contributed by atoms with Crippen molar-refractivity contribution >= 4 is 34.3 Å². The fourth-order valence-corrected chi connectivity index (χ4v) is 5.40. The molecule has 1 aliphatic heterocycles. The number of carbonyl (C=O) groups excluding carboxylic acids is 2. The predicted molar refractivity (Wildman–Crippen MR) is 145 cm³/mol. The second-order valence-electron chi connectivity index (χ2n) is 9.80. The second-order valence-corrected chi connectivity index (χ2v) is 11.0. The summed E-state index contributed by atoms with van der Waals surface area (Å²) < 4.78 is 16.7. The van der Waals surface area contributed by atoms with E-state index in [1.54, 1.807) is 73.1 Å². The molecule has 2 aromatic heterocycles. The molecular weight excluding hydrogens is 507 g/mol. The Balaban J connectivity index is 1.46. The molecule has 2 amide bonds. The van der Waals surface area contributed by atoms with E-state index in [2.05, 4.69) is 15.4 Å². The van der Waals surface area contributed by atoms with Crippen molar-refractivity contribution in [1.29, 1.82) is 0 Å². The zero-order valence-corrected chi connectivity index (χ0v) is 22.5. The van der Waals surface area contributed by atoms with Gasteiger partial charge in [-0.25, -0.2) is 9.37 Å². The Kier molecular flexibility index (Phi) is 7.89. The molecule has 0 aliphatic carbocycles. The summed E-state index contributed by atoms with van der Waals surface area (Å²) in [7, 11) is 3.55. The summed E-state index contributed by atoms with van der Waals surface area (Å²) >= 11 is 1.25. The number of nitrogens with one attached hydrogen (secondary N) is 1. The Morgan fingerprint density at radius 3 is 2.68 bits per heavy atom. The molecule has 4 N–H and O–H groups in total. The molecule has 38 heavy (non-hydrogen) atoms. The van der Waals surface area contributed by atoms with Crippen LogP contribution in [0.15, 0.2) is 54.9 Å². The Labute approximate surface area is 224 Å². The number of pyridine rings is 1. The quantitative estimate of drug-likeness (QED) is 0.382. The highest BCUT2D eigenvalue weighted by Crippen LogP contribution is 2.43. The molecular formula is C27H31FN6O3S. The molecule has 0 saturated carbocycles. The van der Waals surface area contributed by atoms with Crippen LogP contribution < -0.4 is 11.1 Å². The van der Waals surface area contributed by atoms with Gasteiger partial charge in [0.05, 0.1) is 23.1 Å². The van der Waals surface area contributed by atoms with Gasteiger partial charge in [-0.3, -0.25) is 14.3 Å². The monoisotopic (exact) mass is 538 g/mol. The largest absolute Gasteiger partial charge is 0.386 e. The van der Waals surface area contributed by atoms with Gasteiger partial charge < -0.3 is 21.1 Å². The zero-order valence-electron chi connectivity index (χ0n) is 21.7. The molecule has 11 heteroatoms. The predicted octanol–water partition coefficient (Wildman–Crippen LogP) is 3.12. The molecule has 1 aromatic carbocycles. The highest BCUT2D eigenvalue weighted by Gasteiger charge is 2.34. The maximum Gasteiger partial charge on any atom is 0.272 e. The average Bonchev–Trinajstić information content (AvgIpc) is 3.47. The number of hydrogen-bond donors (Lipinski definition) is 3. The zero-order chi connectivity index (χ0) is 27.6. The number of aromatic nitrogens is 3. The van der Waals surface area contributed by atoms with E-state index in [4.69, 9.17) is 5.73 Å². The first-order valence-corrected chi connectivity index (χ1v) is 13.0. The number of benzene rings is 1. The van der Waals surface area contributed by atoms with Gasteiger partial charge in [0.1, 0.15) is 17.3 Å². The lowest BCUT2D eigenvalue weighted by atomic mass is 9.96. The third-order valence-electron chi connectivity index (χ3n) is 6.28. The number of carbonyl (C=O) groups is 2. The topological polar surface area (TPSA) is 126 Å². The number of rotatable bonds is 9. The lowest BCUT2D eigenvalue weighted by Crippen LogP contribution is -2.33. The van der Waals surface area contributed by atoms with Crippen LogP contribution in [-0.4, -0.2) is 55.6 Å². The van der Waals surface area contributed by atoms with Crippen molar-refractivity contribution in [1.82, 2.24) is 19.7 Å². The van der Waals surface area contributed by atoms with Crippen LogP contribution in [0.3, 0.4) is 0 Å². The van der Waals surface area contributed by atoms with Crippen LogP contribution in [-0.2, 0) is 23.9 Å². The minimum absolute atomic E-state index is 0.240. The molecule has 2 unspecified atom stereocenters. The molecule has 9 nitrogen and oxygen atoms in total. The van der Waals surface area contributed by atoms with Gasteiger partial charge in [0, 0.05) is 37.3 Å². The van der Waals surface area contributed by atoms with Crippen molar-refractivity contribution in [2.45, 2.75) is 31.2 Å². The standard InChI is InChI=1S/C27H31FN6O3S/c1-27(2,37)17-8-9-18(20(28)12-17)22-13-19(24(29)35)25(38-22)32-23-7-5-6-21(31-23)26(36)33(3)11-10-16-14-30-34(4)15-16/h5-9,12-15,19,25,37H,10-11H2,1-4H3,(H2,29,35)(H,31,32). The van der Waals surface area contributed by atoms with Crippen LogP contribution in [0.4, 0.5) is 10.2 Å². The normalized spacial score (nSPS) is 17.3. The number of halogens is 1. The van der Waals surface area contributed by atoms with Crippen molar-refractivity contribution in [3.8, 4) is 0 Å². The summed E-state index contributed by atoms with van der Waals surface area (Å²) in [5.74, 6) is -1.65. The van der Waals surface area contributed by atoms with Gasteiger partial charge in [-0.15, -0.1) is 0 Å². The van der Waals surface area contributed by atoms with Gasteiger partial charge in [0.25, 0.3) is 5.91 Å². The molecule has 0 bridgehead atoms. The number of aliphatic hydroxyl groups is 1. The molecule has 3 aromatic rings. The first-order valence-electron chi connectivity index (χ1n) is 12.1. The minimum atomic E-state index is -1.18. The number of aryl methyl sites for hydroxylation is 1. The number of hydrogen-bond acceptors (Lipinski definition) is 7. The molecule has 200 valence electrons. The Morgan fingerprint density at radius 2 is 2.05 bits per heavy atom. The minimum Gasteiger partial charge on any atom is -0.386 e. The third-order valence-corrected chi connectivity index (χ3v) is 7.55. The highest BCUT2D eigenvalue weighted by molar-refractivity contribution is 8.09. The maximum absolute atomic E-state index is 14.9.